The highest BCUT2D eigenvalue weighted by Gasteiger charge is 2.34. The fraction of sp³-hybridized carbons (Fsp3) is 0.385. The average molecular weight is 503 g/mol. The van der Waals surface area contributed by atoms with Crippen molar-refractivity contribution in [2.24, 2.45) is 15.9 Å². The van der Waals surface area contributed by atoms with Crippen LogP contribution in [0.25, 0.3) is 5.65 Å². The van der Waals surface area contributed by atoms with Gasteiger partial charge >= 0.3 is 6.09 Å². The molecule has 0 spiro atoms. The van der Waals surface area contributed by atoms with Crippen molar-refractivity contribution < 1.29 is 14.3 Å². The molecule has 1 aliphatic heterocycles. The van der Waals surface area contributed by atoms with E-state index in [-0.39, 0.29) is 12.1 Å². The lowest BCUT2D eigenvalue weighted by atomic mass is 10.1. The van der Waals surface area contributed by atoms with Crippen molar-refractivity contribution in [2.75, 3.05) is 13.1 Å². The number of nitriles is 1. The molecule has 37 heavy (non-hydrogen) atoms. The maximum absolute atomic E-state index is 12.2. The lowest BCUT2D eigenvalue weighted by molar-refractivity contribution is 0.00907. The van der Waals surface area contributed by atoms with E-state index in [2.05, 4.69) is 21.1 Å². The number of amides is 1. The van der Waals surface area contributed by atoms with Crippen LogP contribution in [0.3, 0.4) is 0 Å². The largest absolute Gasteiger partial charge is 0.469 e. The Kier molecular flexibility index (Phi) is 7.11. The fourth-order valence-electron chi connectivity index (χ4n) is 3.96. The van der Waals surface area contributed by atoms with Gasteiger partial charge in [0.2, 0.25) is 5.88 Å². The Morgan fingerprint density at radius 2 is 2.03 bits per heavy atom. The van der Waals surface area contributed by atoms with Crippen LogP contribution in [-0.4, -0.2) is 61.5 Å². The van der Waals surface area contributed by atoms with Crippen LogP contribution in [-0.2, 0) is 4.74 Å². The molecule has 1 amide bonds. The number of ether oxygens (including phenoxy) is 2. The smallest absolute Gasteiger partial charge is 0.410 e. The van der Waals surface area contributed by atoms with Crippen molar-refractivity contribution in [3.05, 3.63) is 59.7 Å². The van der Waals surface area contributed by atoms with Crippen molar-refractivity contribution in [3.8, 4) is 11.9 Å². The highest BCUT2D eigenvalue weighted by molar-refractivity contribution is 6.47. The predicted molar refractivity (Wildman–Crippen MR) is 139 cm³/mol. The highest BCUT2D eigenvalue weighted by Crippen LogP contribution is 2.26. The second-order valence-corrected chi connectivity index (χ2v) is 9.78. The minimum absolute atomic E-state index is 0.0930. The number of hydrazone groups is 1. The van der Waals surface area contributed by atoms with Gasteiger partial charge in [0.05, 0.1) is 23.6 Å². The molecule has 3 aromatic rings. The molecule has 4 heterocycles. The second kappa shape index (κ2) is 10.3. The third-order valence-electron chi connectivity index (χ3n) is 5.72. The van der Waals surface area contributed by atoms with Gasteiger partial charge in [-0.05, 0) is 52.8 Å². The lowest BCUT2D eigenvalue weighted by Crippen LogP contribution is -2.54. The Morgan fingerprint density at radius 1 is 1.27 bits per heavy atom. The zero-order valence-electron chi connectivity index (χ0n) is 21.5. The van der Waals surface area contributed by atoms with E-state index in [4.69, 9.17) is 20.3 Å². The standard InChI is InChI=1S/C26H30N8O3/c1-16(31-19-14-33(15-19)25(35)37-26(3,4)5)24(32-28)18-10-22-30-13-20(12-27)34(22)23(11-18)36-17(2)21-8-6-7-9-29-21/h6-11,13,17,19H,14-15,28H2,1-5H3/b31-16?,32-24+. The molecule has 0 aliphatic carbocycles. The molecule has 1 atom stereocenters. The number of aromatic nitrogens is 3. The van der Waals surface area contributed by atoms with Crippen LogP contribution in [0, 0.1) is 11.3 Å². The predicted octanol–water partition coefficient (Wildman–Crippen LogP) is 3.48. The van der Waals surface area contributed by atoms with E-state index < -0.39 is 11.7 Å². The summed E-state index contributed by atoms with van der Waals surface area (Å²) in [6, 6.07) is 11.2. The minimum Gasteiger partial charge on any atom is -0.469 e. The Labute approximate surface area is 215 Å². The van der Waals surface area contributed by atoms with Crippen LogP contribution >= 0.6 is 0 Å². The summed E-state index contributed by atoms with van der Waals surface area (Å²) in [4.78, 5) is 27.3. The fourth-order valence-corrected chi connectivity index (χ4v) is 3.96. The summed E-state index contributed by atoms with van der Waals surface area (Å²) < 4.78 is 13.3. The maximum Gasteiger partial charge on any atom is 0.410 e. The number of nitrogens with two attached hydrogens (primary N) is 1. The van der Waals surface area contributed by atoms with Gasteiger partial charge < -0.3 is 20.2 Å². The highest BCUT2D eigenvalue weighted by atomic mass is 16.6. The summed E-state index contributed by atoms with van der Waals surface area (Å²) in [5, 5.41) is 13.6. The first-order chi connectivity index (χ1) is 17.6. The quantitative estimate of drug-likeness (QED) is 0.309. The normalized spacial score (nSPS) is 15.7. The van der Waals surface area contributed by atoms with Gasteiger partial charge in [-0.3, -0.25) is 14.4 Å². The van der Waals surface area contributed by atoms with E-state index in [0.717, 1.165) is 5.69 Å². The summed E-state index contributed by atoms with van der Waals surface area (Å²) in [7, 11) is 0. The van der Waals surface area contributed by atoms with Crippen LogP contribution in [0.2, 0.25) is 0 Å². The molecule has 0 bridgehead atoms. The number of pyridine rings is 2. The maximum atomic E-state index is 12.2. The van der Waals surface area contributed by atoms with E-state index in [1.165, 1.54) is 6.20 Å². The zero-order valence-corrected chi connectivity index (χ0v) is 21.5. The van der Waals surface area contributed by atoms with Gasteiger partial charge in [0.25, 0.3) is 0 Å². The van der Waals surface area contributed by atoms with Gasteiger partial charge in [0.15, 0.2) is 0 Å². The number of carbonyl (C=O) groups is 1. The number of hydrogen-bond acceptors (Lipinski definition) is 9. The topological polar surface area (TPSA) is 143 Å². The van der Waals surface area contributed by atoms with E-state index in [9.17, 15) is 10.1 Å². The molecule has 4 rings (SSSR count). The first-order valence-corrected chi connectivity index (χ1v) is 11.9. The van der Waals surface area contributed by atoms with E-state index in [0.29, 0.717) is 47.3 Å². The number of hydrogen-bond donors (Lipinski definition) is 1. The molecule has 1 fully saturated rings. The van der Waals surface area contributed by atoms with Crippen LogP contribution in [0.5, 0.6) is 5.88 Å². The molecule has 1 aliphatic rings. The number of carbonyl (C=O) groups excluding carboxylic acids is 1. The van der Waals surface area contributed by atoms with Crippen molar-refractivity contribution in [3.63, 3.8) is 0 Å². The van der Waals surface area contributed by atoms with Crippen LogP contribution in [0.1, 0.15) is 57.7 Å². The molecule has 11 nitrogen and oxygen atoms in total. The molecular weight excluding hydrogens is 472 g/mol. The molecule has 1 unspecified atom stereocenters. The van der Waals surface area contributed by atoms with Gasteiger partial charge in [-0.25, -0.2) is 9.78 Å². The minimum atomic E-state index is -0.550. The van der Waals surface area contributed by atoms with E-state index >= 15 is 0 Å². The molecule has 11 heteroatoms. The number of likely N-dealkylation sites (tertiary alicyclic amines) is 1. The molecular formula is C26H30N8O3. The third-order valence-corrected chi connectivity index (χ3v) is 5.72. The van der Waals surface area contributed by atoms with Crippen molar-refractivity contribution in [2.45, 2.75) is 52.4 Å². The number of fused-ring (bicyclic) bond motifs is 1. The van der Waals surface area contributed by atoms with Gasteiger partial charge in [-0.1, -0.05) is 6.07 Å². The molecule has 0 aromatic carbocycles. The molecule has 192 valence electrons. The lowest BCUT2D eigenvalue weighted by Gasteiger charge is -2.38. The first-order valence-electron chi connectivity index (χ1n) is 11.9. The van der Waals surface area contributed by atoms with Gasteiger partial charge in [-0.2, -0.15) is 10.4 Å². The summed E-state index contributed by atoms with van der Waals surface area (Å²) in [5.41, 5.74) is 2.73. The van der Waals surface area contributed by atoms with Crippen molar-refractivity contribution in [1.29, 1.82) is 5.26 Å². The first kappa shape index (κ1) is 25.6. The number of aliphatic imine (C=N–C) groups is 1. The summed E-state index contributed by atoms with van der Waals surface area (Å²) in [6.45, 7) is 10.1. The number of rotatable bonds is 6. The molecule has 0 saturated carbocycles. The summed E-state index contributed by atoms with van der Waals surface area (Å²) in [5.74, 6) is 6.19. The van der Waals surface area contributed by atoms with Crippen LogP contribution < -0.4 is 10.6 Å². The molecule has 2 N–H and O–H groups in total. The van der Waals surface area contributed by atoms with Crippen molar-refractivity contribution >= 4 is 23.2 Å². The molecule has 1 saturated heterocycles. The summed E-state index contributed by atoms with van der Waals surface area (Å²) >= 11 is 0. The molecule has 0 radical (unpaired) electrons. The van der Waals surface area contributed by atoms with Crippen LogP contribution in [0.4, 0.5) is 4.79 Å². The van der Waals surface area contributed by atoms with E-state index in [1.807, 2.05) is 52.8 Å². The Balaban J connectivity index is 1.59. The van der Waals surface area contributed by atoms with Gasteiger partial charge in [0.1, 0.15) is 34.8 Å². The zero-order chi connectivity index (χ0) is 26.7. The Bertz CT molecular complexity index is 1390. The van der Waals surface area contributed by atoms with Gasteiger partial charge in [-0.15, -0.1) is 0 Å². The third kappa shape index (κ3) is 5.69. The number of imidazole rings is 1. The van der Waals surface area contributed by atoms with Crippen molar-refractivity contribution in [1.82, 2.24) is 19.3 Å². The van der Waals surface area contributed by atoms with E-state index in [1.54, 1.807) is 27.6 Å². The molecule has 3 aromatic heterocycles. The van der Waals surface area contributed by atoms with Crippen LogP contribution in [0.15, 0.2) is 52.8 Å². The second-order valence-electron chi connectivity index (χ2n) is 9.78. The summed E-state index contributed by atoms with van der Waals surface area (Å²) in [6.07, 6.45) is 2.43. The Morgan fingerprint density at radius 3 is 2.65 bits per heavy atom. The monoisotopic (exact) mass is 502 g/mol. The number of nitrogens with zero attached hydrogens (tertiary/aromatic N) is 7. The van der Waals surface area contributed by atoms with Gasteiger partial charge in [0, 0.05) is 30.9 Å². The SMILES string of the molecule is CC(=NC1CN(C(=O)OC(C)(C)C)C1)/C(=N\N)c1cc(OC(C)c2ccccn2)n2c(C#N)cnc2c1. The Hall–Kier alpha value is -4.46. The average Bonchev–Trinajstić information content (AvgIpc) is 3.24.